The van der Waals surface area contributed by atoms with Crippen LogP contribution >= 0.6 is 15.9 Å². The molecule has 102 valence electrons. The first-order chi connectivity index (χ1) is 8.99. The minimum atomic E-state index is -0.928. The van der Waals surface area contributed by atoms with Gasteiger partial charge in [-0.3, -0.25) is 4.79 Å². The Balaban J connectivity index is 2.06. The van der Waals surface area contributed by atoms with Gasteiger partial charge in [0.1, 0.15) is 0 Å². The van der Waals surface area contributed by atoms with E-state index < -0.39 is 6.09 Å². The molecular formula is C13H15BrN2O3. The number of hydrogen-bond donors (Lipinski definition) is 1. The maximum absolute atomic E-state index is 12.3. The van der Waals surface area contributed by atoms with Crippen LogP contribution in [0.3, 0.4) is 0 Å². The molecule has 0 spiro atoms. The van der Waals surface area contributed by atoms with E-state index in [4.69, 9.17) is 5.11 Å². The summed E-state index contributed by atoms with van der Waals surface area (Å²) >= 11 is 3.33. The third-order valence-electron chi connectivity index (χ3n) is 3.25. The maximum Gasteiger partial charge on any atom is 0.407 e. The van der Waals surface area contributed by atoms with Crippen molar-refractivity contribution in [1.82, 2.24) is 9.80 Å². The summed E-state index contributed by atoms with van der Waals surface area (Å²) in [6.07, 6.45) is -0.928. The number of nitrogens with zero attached hydrogens (tertiary/aromatic N) is 2. The fourth-order valence-electron chi connectivity index (χ4n) is 2.20. The van der Waals surface area contributed by atoms with Crippen LogP contribution in [0.2, 0.25) is 0 Å². The number of amides is 2. The van der Waals surface area contributed by atoms with E-state index in [1.807, 2.05) is 19.1 Å². The van der Waals surface area contributed by atoms with E-state index in [-0.39, 0.29) is 11.9 Å². The second-order valence-electron chi connectivity index (χ2n) is 4.58. The number of carboxylic acid groups (broad SMARTS) is 1. The van der Waals surface area contributed by atoms with Crippen LogP contribution in [-0.2, 0) is 0 Å². The first kappa shape index (κ1) is 13.9. The summed E-state index contributed by atoms with van der Waals surface area (Å²) in [5.74, 6) is -0.0515. The molecule has 5 nitrogen and oxygen atoms in total. The van der Waals surface area contributed by atoms with Crippen molar-refractivity contribution in [3.63, 3.8) is 0 Å². The molecule has 0 radical (unpaired) electrons. The maximum atomic E-state index is 12.3. The lowest BCUT2D eigenvalue weighted by Crippen LogP contribution is -2.55. The Hall–Kier alpha value is -1.56. The van der Waals surface area contributed by atoms with Gasteiger partial charge in [-0.15, -0.1) is 0 Å². The van der Waals surface area contributed by atoms with Crippen molar-refractivity contribution in [2.45, 2.75) is 13.0 Å². The first-order valence-electron chi connectivity index (χ1n) is 6.03. The summed E-state index contributed by atoms with van der Waals surface area (Å²) in [4.78, 5) is 26.3. The zero-order chi connectivity index (χ0) is 14.0. The van der Waals surface area contributed by atoms with Crippen molar-refractivity contribution in [3.8, 4) is 0 Å². The smallest absolute Gasteiger partial charge is 0.407 e. The largest absolute Gasteiger partial charge is 0.465 e. The zero-order valence-corrected chi connectivity index (χ0v) is 12.1. The highest BCUT2D eigenvalue weighted by Crippen LogP contribution is 2.15. The van der Waals surface area contributed by atoms with Gasteiger partial charge in [0.2, 0.25) is 0 Å². The van der Waals surface area contributed by atoms with E-state index in [1.54, 1.807) is 17.0 Å². The van der Waals surface area contributed by atoms with Crippen LogP contribution in [0.4, 0.5) is 4.79 Å². The average Bonchev–Trinajstić information content (AvgIpc) is 2.38. The van der Waals surface area contributed by atoms with Crippen molar-refractivity contribution < 1.29 is 14.7 Å². The standard InChI is InChI=1S/C13H15BrN2O3/c1-9-8-15(6-7-16(9)13(18)19)12(17)10-2-4-11(14)5-3-10/h2-5,9H,6-8H2,1H3,(H,18,19). The molecule has 1 N–H and O–H groups in total. The fourth-order valence-corrected chi connectivity index (χ4v) is 2.47. The molecule has 1 aromatic rings. The van der Waals surface area contributed by atoms with Crippen LogP contribution in [0.15, 0.2) is 28.7 Å². The second-order valence-corrected chi connectivity index (χ2v) is 5.50. The van der Waals surface area contributed by atoms with Crippen LogP contribution in [0.25, 0.3) is 0 Å². The fraction of sp³-hybridized carbons (Fsp3) is 0.385. The molecule has 1 saturated heterocycles. The molecule has 1 aromatic carbocycles. The molecule has 0 aliphatic carbocycles. The molecule has 6 heteroatoms. The summed E-state index contributed by atoms with van der Waals surface area (Å²) < 4.78 is 0.924. The van der Waals surface area contributed by atoms with Crippen molar-refractivity contribution >= 4 is 27.9 Å². The Kier molecular flexibility index (Phi) is 4.09. The van der Waals surface area contributed by atoms with Crippen LogP contribution in [0, 0.1) is 0 Å². The van der Waals surface area contributed by atoms with Crippen molar-refractivity contribution in [2.24, 2.45) is 0 Å². The lowest BCUT2D eigenvalue weighted by atomic mass is 10.1. The van der Waals surface area contributed by atoms with Gasteiger partial charge in [-0.05, 0) is 31.2 Å². The van der Waals surface area contributed by atoms with E-state index in [1.165, 1.54) is 4.90 Å². The predicted molar refractivity (Wildman–Crippen MR) is 74.2 cm³/mol. The molecule has 1 unspecified atom stereocenters. The molecule has 1 fully saturated rings. The first-order valence-corrected chi connectivity index (χ1v) is 6.82. The number of halogens is 1. The van der Waals surface area contributed by atoms with E-state index in [9.17, 15) is 9.59 Å². The second kappa shape index (κ2) is 5.61. The van der Waals surface area contributed by atoms with Gasteiger partial charge in [0.05, 0.1) is 0 Å². The van der Waals surface area contributed by atoms with E-state index in [2.05, 4.69) is 15.9 Å². The molecule has 1 aliphatic heterocycles. The Bertz CT molecular complexity index is 489. The molecule has 19 heavy (non-hydrogen) atoms. The number of rotatable bonds is 1. The predicted octanol–water partition coefficient (Wildman–Crippen LogP) is 2.27. The van der Waals surface area contributed by atoms with Crippen LogP contribution in [0.1, 0.15) is 17.3 Å². The number of benzene rings is 1. The Morgan fingerprint density at radius 2 is 1.89 bits per heavy atom. The van der Waals surface area contributed by atoms with Gasteiger partial charge in [0.15, 0.2) is 0 Å². The summed E-state index contributed by atoms with van der Waals surface area (Å²) in [7, 11) is 0. The Labute approximate surface area is 119 Å². The summed E-state index contributed by atoms with van der Waals surface area (Å²) in [5, 5.41) is 9.00. The van der Waals surface area contributed by atoms with Gasteiger partial charge in [0, 0.05) is 35.7 Å². The summed E-state index contributed by atoms with van der Waals surface area (Å²) in [6.45, 7) is 3.04. The lowest BCUT2D eigenvalue weighted by Gasteiger charge is -2.38. The molecule has 1 atom stereocenters. The molecule has 0 bridgehead atoms. The van der Waals surface area contributed by atoms with Crippen LogP contribution in [-0.4, -0.2) is 52.6 Å². The Morgan fingerprint density at radius 3 is 2.42 bits per heavy atom. The quantitative estimate of drug-likeness (QED) is 0.861. The van der Waals surface area contributed by atoms with E-state index in [0.29, 0.717) is 25.2 Å². The van der Waals surface area contributed by atoms with Gasteiger partial charge in [-0.2, -0.15) is 0 Å². The average molecular weight is 327 g/mol. The Morgan fingerprint density at radius 1 is 1.26 bits per heavy atom. The topological polar surface area (TPSA) is 60.9 Å². The van der Waals surface area contributed by atoms with Crippen molar-refractivity contribution in [1.29, 1.82) is 0 Å². The van der Waals surface area contributed by atoms with Crippen LogP contribution < -0.4 is 0 Å². The summed E-state index contributed by atoms with van der Waals surface area (Å²) in [6, 6.07) is 7.00. The van der Waals surface area contributed by atoms with Crippen molar-refractivity contribution in [2.75, 3.05) is 19.6 Å². The van der Waals surface area contributed by atoms with Crippen LogP contribution in [0.5, 0.6) is 0 Å². The zero-order valence-electron chi connectivity index (χ0n) is 10.5. The summed E-state index contributed by atoms with van der Waals surface area (Å²) in [5.41, 5.74) is 0.624. The molecule has 2 rings (SSSR count). The van der Waals surface area contributed by atoms with Gasteiger partial charge in [0.25, 0.3) is 5.91 Å². The molecular weight excluding hydrogens is 312 g/mol. The third-order valence-corrected chi connectivity index (χ3v) is 3.78. The lowest BCUT2D eigenvalue weighted by molar-refractivity contribution is 0.0507. The molecule has 1 heterocycles. The monoisotopic (exact) mass is 326 g/mol. The van der Waals surface area contributed by atoms with Crippen molar-refractivity contribution in [3.05, 3.63) is 34.3 Å². The molecule has 0 aromatic heterocycles. The number of piperazine rings is 1. The van der Waals surface area contributed by atoms with E-state index >= 15 is 0 Å². The number of hydrogen-bond acceptors (Lipinski definition) is 2. The normalized spacial score (nSPS) is 19.4. The highest BCUT2D eigenvalue weighted by atomic mass is 79.9. The minimum Gasteiger partial charge on any atom is -0.465 e. The van der Waals surface area contributed by atoms with Gasteiger partial charge < -0.3 is 14.9 Å². The molecule has 2 amide bonds. The van der Waals surface area contributed by atoms with Gasteiger partial charge in [-0.25, -0.2) is 4.79 Å². The SMILES string of the molecule is CC1CN(C(=O)c2ccc(Br)cc2)CCN1C(=O)O. The highest BCUT2D eigenvalue weighted by molar-refractivity contribution is 9.10. The van der Waals surface area contributed by atoms with Gasteiger partial charge >= 0.3 is 6.09 Å². The van der Waals surface area contributed by atoms with E-state index in [0.717, 1.165) is 4.47 Å². The number of carbonyl (C=O) groups is 2. The minimum absolute atomic E-state index is 0.0515. The third kappa shape index (κ3) is 3.07. The highest BCUT2D eigenvalue weighted by Gasteiger charge is 2.29. The van der Waals surface area contributed by atoms with Gasteiger partial charge in [-0.1, -0.05) is 15.9 Å². The number of carbonyl (C=O) groups excluding carboxylic acids is 1. The molecule has 1 aliphatic rings. The molecule has 0 saturated carbocycles.